The summed E-state index contributed by atoms with van der Waals surface area (Å²) in [4.78, 5) is 0. The summed E-state index contributed by atoms with van der Waals surface area (Å²) in [7, 11) is 0. The van der Waals surface area contributed by atoms with Crippen molar-refractivity contribution in [3.05, 3.63) is 70.8 Å². The van der Waals surface area contributed by atoms with Crippen LogP contribution in [-0.2, 0) is 6.42 Å². The van der Waals surface area contributed by atoms with Crippen LogP contribution in [0, 0.1) is 0 Å². The van der Waals surface area contributed by atoms with E-state index in [1.54, 1.807) is 11.1 Å². The van der Waals surface area contributed by atoms with E-state index in [-0.39, 0.29) is 0 Å². The maximum atomic E-state index is 2.32. The molecule has 0 heterocycles. The van der Waals surface area contributed by atoms with Crippen molar-refractivity contribution in [2.75, 3.05) is 0 Å². The van der Waals surface area contributed by atoms with Crippen LogP contribution in [0.1, 0.15) is 54.4 Å². The molecule has 3 rings (SSSR count). The first kappa shape index (κ1) is 11.5. The minimum Gasteiger partial charge on any atom is -0.0620 e. The van der Waals surface area contributed by atoms with Crippen molar-refractivity contribution in [3.8, 4) is 0 Å². The van der Waals surface area contributed by atoms with E-state index in [1.807, 2.05) is 0 Å². The van der Waals surface area contributed by atoms with Crippen LogP contribution in [-0.4, -0.2) is 0 Å². The van der Waals surface area contributed by atoms with Crippen molar-refractivity contribution in [3.63, 3.8) is 0 Å². The van der Waals surface area contributed by atoms with E-state index in [4.69, 9.17) is 0 Å². The fraction of sp³-hybridized carbons (Fsp3) is 0.333. The number of hydrogen-bond acceptors (Lipinski definition) is 0. The summed E-state index contributed by atoms with van der Waals surface area (Å²) in [6, 6.07) is 17.9. The lowest BCUT2D eigenvalue weighted by Crippen LogP contribution is -2.02. The van der Waals surface area contributed by atoms with Gasteiger partial charge < -0.3 is 0 Å². The van der Waals surface area contributed by atoms with Gasteiger partial charge in [-0.3, -0.25) is 0 Å². The molecule has 0 saturated carbocycles. The molecule has 0 aliphatic heterocycles. The first-order chi connectivity index (χ1) is 8.77. The maximum Gasteiger partial charge on any atom is 0.00980 e. The smallest absolute Gasteiger partial charge is 0.00980 e. The van der Waals surface area contributed by atoms with Crippen molar-refractivity contribution in [1.29, 1.82) is 0 Å². The number of aryl methyl sites for hydroxylation is 1. The Bertz CT molecular complexity index is 551. The lowest BCUT2D eigenvalue weighted by Gasteiger charge is -2.19. The molecule has 0 N–H and O–H groups in total. The third-order valence-corrected chi connectivity index (χ3v) is 4.13. The zero-order valence-electron chi connectivity index (χ0n) is 11.2. The summed E-state index contributed by atoms with van der Waals surface area (Å²) in [6.45, 7) is 4.58. The second kappa shape index (κ2) is 4.61. The topological polar surface area (TPSA) is 0 Å². The van der Waals surface area contributed by atoms with Crippen LogP contribution in [0.5, 0.6) is 0 Å². The van der Waals surface area contributed by atoms with Crippen LogP contribution in [0.15, 0.2) is 48.5 Å². The monoisotopic (exact) mass is 236 g/mol. The third kappa shape index (κ3) is 1.86. The van der Waals surface area contributed by atoms with Gasteiger partial charge in [0.15, 0.2) is 0 Å². The van der Waals surface area contributed by atoms with E-state index in [0.29, 0.717) is 11.8 Å². The predicted molar refractivity (Wildman–Crippen MR) is 77.1 cm³/mol. The molecule has 1 aliphatic carbocycles. The van der Waals surface area contributed by atoms with Crippen LogP contribution in [0.3, 0.4) is 0 Å². The molecule has 0 heteroatoms. The fourth-order valence-electron chi connectivity index (χ4n) is 3.23. The molecule has 0 saturated heterocycles. The minimum atomic E-state index is 0.606. The summed E-state index contributed by atoms with van der Waals surface area (Å²) in [5.74, 6) is 1.22. The lowest BCUT2D eigenvalue weighted by molar-refractivity contribution is 0.753. The highest BCUT2D eigenvalue weighted by molar-refractivity contribution is 5.45. The standard InChI is InChI=1S/C18H20/c1-13(2)15-8-5-6-10-17(15)18-12-11-14-7-3-4-9-16(14)18/h3-10,13,18H,11-12H2,1-2H3. The van der Waals surface area contributed by atoms with Crippen molar-refractivity contribution in [1.82, 2.24) is 0 Å². The Kier molecular flexibility index (Phi) is 2.95. The minimum absolute atomic E-state index is 0.606. The molecule has 2 aromatic carbocycles. The number of rotatable bonds is 2. The van der Waals surface area contributed by atoms with Crippen LogP contribution >= 0.6 is 0 Å². The van der Waals surface area contributed by atoms with E-state index >= 15 is 0 Å². The molecule has 1 atom stereocenters. The van der Waals surface area contributed by atoms with Crippen molar-refractivity contribution in [2.45, 2.75) is 38.5 Å². The van der Waals surface area contributed by atoms with Gasteiger partial charge in [0, 0.05) is 5.92 Å². The Hall–Kier alpha value is -1.56. The maximum absolute atomic E-state index is 2.32. The van der Waals surface area contributed by atoms with E-state index in [1.165, 1.54) is 24.0 Å². The van der Waals surface area contributed by atoms with Crippen LogP contribution in [0.25, 0.3) is 0 Å². The Labute approximate surface area is 110 Å². The molecule has 0 amide bonds. The van der Waals surface area contributed by atoms with Gasteiger partial charge in [-0.05, 0) is 41.0 Å². The molecule has 0 aromatic heterocycles. The number of fused-ring (bicyclic) bond motifs is 1. The van der Waals surface area contributed by atoms with Crippen LogP contribution < -0.4 is 0 Å². The van der Waals surface area contributed by atoms with Gasteiger partial charge >= 0.3 is 0 Å². The van der Waals surface area contributed by atoms with Crippen molar-refractivity contribution in [2.24, 2.45) is 0 Å². The predicted octanol–water partition coefficient (Wildman–Crippen LogP) is 4.89. The highest BCUT2D eigenvalue weighted by Crippen LogP contribution is 2.40. The molecule has 0 bridgehead atoms. The Morgan fingerprint density at radius 3 is 2.33 bits per heavy atom. The molecule has 0 radical (unpaired) electrons. The van der Waals surface area contributed by atoms with Crippen molar-refractivity contribution < 1.29 is 0 Å². The molecule has 92 valence electrons. The van der Waals surface area contributed by atoms with E-state index in [2.05, 4.69) is 62.4 Å². The first-order valence-electron chi connectivity index (χ1n) is 6.94. The van der Waals surface area contributed by atoms with Crippen LogP contribution in [0.2, 0.25) is 0 Å². The molecular formula is C18H20. The van der Waals surface area contributed by atoms with Crippen LogP contribution in [0.4, 0.5) is 0 Å². The zero-order chi connectivity index (χ0) is 12.5. The van der Waals surface area contributed by atoms with Gasteiger partial charge in [-0.25, -0.2) is 0 Å². The second-order valence-corrected chi connectivity index (χ2v) is 5.57. The van der Waals surface area contributed by atoms with Gasteiger partial charge in [-0.15, -0.1) is 0 Å². The second-order valence-electron chi connectivity index (χ2n) is 5.57. The van der Waals surface area contributed by atoms with Gasteiger partial charge in [-0.1, -0.05) is 62.4 Å². The average molecular weight is 236 g/mol. The summed E-state index contributed by atoms with van der Waals surface area (Å²) in [5, 5.41) is 0. The Balaban J connectivity index is 2.08. The molecule has 0 spiro atoms. The van der Waals surface area contributed by atoms with E-state index in [9.17, 15) is 0 Å². The van der Waals surface area contributed by atoms with E-state index < -0.39 is 0 Å². The summed E-state index contributed by atoms with van der Waals surface area (Å²) in [6.07, 6.45) is 2.50. The number of benzene rings is 2. The van der Waals surface area contributed by atoms with Gasteiger partial charge in [0.1, 0.15) is 0 Å². The molecule has 1 aliphatic rings. The molecular weight excluding hydrogens is 216 g/mol. The molecule has 2 aromatic rings. The lowest BCUT2D eigenvalue weighted by atomic mass is 9.86. The van der Waals surface area contributed by atoms with Gasteiger partial charge in [-0.2, -0.15) is 0 Å². The molecule has 0 fully saturated rings. The van der Waals surface area contributed by atoms with Crippen molar-refractivity contribution >= 4 is 0 Å². The number of hydrogen-bond donors (Lipinski definition) is 0. The van der Waals surface area contributed by atoms with Gasteiger partial charge in [0.05, 0.1) is 0 Å². The highest BCUT2D eigenvalue weighted by Gasteiger charge is 2.25. The Morgan fingerprint density at radius 2 is 1.56 bits per heavy atom. The summed E-state index contributed by atoms with van der Waals surface area (Å²) >= 11 is 0. The molecule has 0 nitrogen and oxygen atoms in total. The normalized spacial score (nSPS) is 18.1. The van der Waals surface area contributed by atoms with E-state index in [0.717, 1.165) is 0 Å². The quantitative estimate of drug-likeness (QED) is 0.696. The third-order valence-electron chi connectivity index (χ3n) is 4.13. The largest absolute Gasteiger partial charge is 0.0620 e. The van der Waals surface area contributed by atoms with Gasteiger partial charge in [0.25, 0.3) is 0 Å². The molecule has 18 heavy (non-hydrogen) atoms. The summed E-state index contributed by atoms with van der Waals surface area (Å²) < 4.78 is 0. The highest BCUT2D eigenvalue weighted by atomic mass is 14.3. The molecule has 1 unspecified atom stereocenters. The first-order valence-corrected chi connectivity index (χ1v) is 6.94. The SMILES string of the molecule is CC(C)c1ccccc1C1CCc2ccccc21. The van der Waals surface area contributed by atoms with Gasteiger partial charge in [0.2, 0.25) is 0 Å². The summed E-state index contributed by atoms with van der Waals surface area (Å²) in [5.41, 5.74) is 6.14. The zero-order valence-corrected chi connectivity index (χ0v) is 11.2. The fourth-order valence-corrected chi connectivity index (χ4v) is 3.23. The Morgan fingerprint density at radius 1 is 0.889 bits per heavy atom. The average Bonchev–Trinajstić information content (AvgIpc) is 2.82.